The summed E-state index contributed by atoms with van der Waals surface area (Å²) in [5.74, 6) is 1.13. The lowest BCUT2D eigenvalue weighted by molar-refractivity contribution is -0.539. The third kappa shape index (κ3) is 4.83. The van der Waals surface area contributed by atoms with E-state index in [0.717, 1.165) is 65.7 Å². The third-order valence-electron chi connectivity index (χ3n) is 5.67. The molecule has 5 rings (SSSR count). The Bertz CT molecular complexity index is 1120. The van der Waals surface area contributed by atoms with Crippen LogP contribution in [0.3, 0.4) is 0 Å². The van der Waals surface area contributed by atoms with E-state index in [2.05, 4.69) is 56.5 Å². The topological polar surface area (TPSA) is 30.3 Å². The van der Waals surface area contributed by atoms with E-state index < -0.39 is 0 Å². The molecule has 0 radical (unpaired) electrons. The molecule has 1 saturated heterocycles. The third-order valence-corrected chi connectivity index (χ3v) is 6.14. The van der Waals surface area contributed by atoms with Gasteiger partial charge in [-0.15, -0.1) is 0 Å². The monoisotopic (exact) mass is 472 g/mol. The van der Waals surface area contributed by atoms with Crippen LogP contribution in [-0.4, -0.2) is 41.5 Å². The number of rotatable bonds is 2. The molecule has 0 unspecified atom stereocenters. The van der Waals surface area contributed by atoms with Gasteiger partial charge in [0.15, 0.2) is 0 Å². The molecule has 2 N–H and O–H groups in total. The molecule has 0 bridgehead atoms. The molecule has 0 aromatic heterocycles. The number of nitrogens with one attached hydrogen (secondary N) is 2. The Morgan fingerprint density at radius 1 is 0.774 bits per heavy atom. The average molecular weight is 474 g/mol. The van der Waals surface area contributed by atoms with Crippen molar-refractivity contribution in [1.82, 2.24) is 4.90 Å². The van der Waals surface area contributed by atoms with Gasteiger partial charge in [0.05, 0.1) is 30.0 Å². The van der Waals surface area contributed by atoms with Gasteiger partial charge in [-0.1, -0.05) is 47.5 Å². The molecule has 4 nitrogen and oxygen atoms in total. The van der Waals surface area contributed by atoms with Crippen molar-refractivity contribution in [2.24, 2.45) is 0 Å². The number of para-hydroxylation sites is 1. The van der Waals surface area contributed by atoms with Gasteiger partial charge in [-0.3, -0.25) is 9.48 Å². The predicted molar refractivity (Wildman–Crippen MR) is 126 cm³/mol. The molecule has 0 atom stereocenters. The highest BCUT2D eigenvalue weighted by molar-refractivity contribution is 6.31. The molecule has 2 aliphatic heterocycles. The van der Waals surface area contributed by atoms with Crippen molar-refractivity contribution >= 4 is 46.1 Å². The number of hydrogen-bond acceptors (Lipinski definition) is 2. The average Bonchev–Trinajstić information content (AvgIpc) is 2.91. The number of nitrogens with zero attached hydrogens (tertiary/aromatic N) is 2. The Hall–Kier alpha value is -2.24. The lowest BCUT2D eigenvalue weighted by Gasteiger charge is -2.28. The van der Waals surface area contributed by atoms with Gasteiger partial charge in [0, 0.05) is 35.7 Å². The molecule has 0 saturated carbocycles. The van der Waals surface area contributed by atoms with E-state index in [1.165, 1.54) is 11.1 Å². The van der Waals surface area contributed by atoms with Crippen LogP contribution in [0.1, 0.15) is 11.1 Å². The Morgan fingerprint density at radius 2 is 1.55 bits per heavy atom. The lowest BCUT2D eigenvalue weighted by Crippen LogP contribution is -3.00. The smallest absolute Gasteiger partial charge is 0.284 e. The Morgan fingerprint density at radius 3 is 2.35 bits per heavy atom. The fraction of sp³-hybridized carbons (Fsp3) is 0.208. The fourth-order valence-corrected chi connectivity index (χ4v) is 4.52. The van der Waals surface area contributed by atoms with Crippen LogP contribution in [0.4, 0.5) is 17.1 Å². The quantitative estimate of drug-likeness (QED) is 0.561. The van der Waals surface area contributed by atoms with Gasteiger partial charge in [-0.25, -0.2) is 5.32 Å². The SMILES string of the molecule is Clc1cccc(CN2CC[N+](=C3Nc4cc(Cl)ccc4Nc4ccccc43)CC2)c1.[Cl-]. The van der Waals surface area contributed by atoms with E-state index >= 15 is 0 Å². The Labute approximate surface area is 198 Å². The fourth-order valence-electron chi connectivity index (χ4n) is 4.14. The first-order valence-corrected chi connectivity index (χ1v) is 10.9. The molecule has 7 heteroatoms. The predicted octanol–water partition coefficient (Wildman–Crippen LogP) is 2.44. The maximum Gasteiger partial charge on any atom is 0.284 e. The highest BCUT2D eigenvalue weighted by Gasteiger charge is 2.28. The van der Waals surface area contributed by atoms with Crippen molar-refractivity contribution < 1.29 is 17.0 Å². The normalized spacial score (nSPS) is 15.7. The number of halogens is 3. The van der Waals surface area contributed by atoms with Crippen LogP contribution in [0.15, 0.2) is 66.7 Å². The summed E-state index contributed by atoms with van der Waals surface area (Å²) >= 11 is 12.4. The van der Waals surface area contributed by atoms with Crippen LogP contribution in [0, 0.1) is 0 Å². The van der Waals surface area contributed by atoms with Gasteiger partial charge >= 0.3 is 0 Å². The van der Waals surface area contributed by atoms with Gasteiger partial charge < -0.3 is 17.7 Å². The van der Waals surface area contributed by atoms with E-state index in [0.29, 0.717) is 0 Å². The highest BCUT2D eigenvalue weighted by Crippen LogP contribution is 2.34. The summed E-state index contributed by atoms with van der Waals surface area (Å²) < 4.78 is 2.44. The summed E-state index contributed by atoms with van der Waals surface area (Å²) in [5, 5.41) is 8.73. The molecular formula is C24H23Cl3N4. The number of benzene rings is 3. The van der Waals surface area contributed by atoms with Crippen molar-refractivity contribution in [2.45, 2.75) is 6.54 Å². The minimum absolute atomic E-state index is 0. The largest absolute Gasteiger partial charge is 1.00 e. The molecule has 160 valence electrons. The minimum atomic E-state index is 0. The minimum Gasteiger partial charge on any atom is -1.00 e. The molecular weight excluding hydrogens is 451 g/mol. The first-order chi connectivity index (χ1) is 14.7. The zero-order valence-corrected chi connectivity index (χ0v) is 19.2. The summed E-state index contributed by atoms with van der Waals surface area (Å²) in [6.45, 7) is 4.82. The van der Waals surface area contributed by atoms with E-state index in [1.54, 1.807) is 0 Å². The molecule has 2 aliphatic rings. The molecule has 31 heavy (non-hydrogen) atoms. The summed E-state index contributed by atoms with van der Waals surface area (Å²) in [6.07, 6.45) is 0. The molecule has 1 fully saturated rings. The number of piperazine rings is 1. The molecule has 3 aromatic rings. The highest BCUT2D eigenvalue weighted by atomic mass is 35.5. The van der Waals surface area contributed by atoms with Crippen LogP contribution in [0.5, 0.6) is 0 Å². The van der Waals surface area contributed by atoms with E-state index in [9.17, 15) is 0 Å². The van der Waals surface area contributed by atoms with E-state index in [-0.39, 0.29) is 12.4 Å². The summed E-state index contributed by atoms with van der Waals surface area (Å²) in [5.41, 5.74) is 5.56. The van der Waals surface area contributed by atoms with Crippen LogP contribution in [-0.2, 0) is 6.54 Å². The van der Waals surface area contributed by atoms with Crippen LogP contribution >= 0.6 is 23.2 Å². The Kier molecular flexibility index (Phi) is 6.73. The first-order valence-electron chi connectivity index (χ1n) is 10.2. The standard InChI is InChI=1S/C24H22Cl2N4.ClH/c25-18-5-3-4-17(14-18)16-29-10-12-30(13-11-29)24-20-6-1-2-7-21(20)27-22-9-8-19(26)15-23(22)28-24;/h1-9,14-15H,10-13,16H2,(H,27,28);1H. The van der Waals surface area contributed by atoms with Gasteiger partial charge in [-0.2, -0.15) is 0 Å². The van der Waals surface area contributed by atoms with Gasteiger partial charge in [0.1, 0.15) is 5.69 Å². The summed E-state index contributed by atoms with van der Waals surface area (Å²) in [4.78, 5) is 2.48. The van der Waals surface area contributed by atoms with E-state index in [1.807, 2.05) is 30.3 Å². The molecule has 0 aliphatic carbocycles. The number of fused-ring (bicyclic) bond motifs is 2. The summed E-state index contributed by atoms with van der Waals surface area (Å²) in [7, 11) is 0. The number of amidine groups is 1. The van der Waals surface area contributed by atoms with Crippen molar-refractivity contribution in [3.63, 3.8) is 0 Å². The lowest BCUT2D eigenvalue weighted by atomic mass is 10.1. The maximum absolute atomic E-state index is 6.28. The van der Waals surface area contributed by atoms with E-state index in [4.69, 9.17) is 23.2 Å². The molecule has 0 spiro atoms. The van der Waals surface area contributed by atoms with Crippen LogP contribution in [0.25, 0.3) is 0 Å². The first kappa shape index (κ1) is 22.0. The second kappa shape index (κ2) is 9.49. The molecule has 2 heterocycles. The second-order valence-electron chi connectivity index (χ2n) is 7.73. The molecule has 0 amide bonds. The van der Waals surface area contributed by atoms with Crippen molar-refractivity contribution in [2.75, 3.05) is 36.8 Å². The maximum atomic E-state index is 6.28. The Balaban J connectivity index is 0.00000231. The molecule has 3 aromatic carbocycles. The number of anilines is 3. The van der Waals surface area contributed by atoms with Crippen LogP contribution < -0.4 is 23.0 Å². The van der Waals surface area contributed by atoms with Crippen molar-refractivity contribution in [3.8, 4) is 0 Å². The number of hydrogen-bond donors (Lipinski definition) is 2. The zero-order chi connectivity index (χ0) is 20.5. The van der Waals surface area contributed by atoms with Gasteiger partial charge in [0.25, 0.3) is 5.84 Å². The van der Waals surface area contributed by atoms with Gasteiger partial charge in [-0.05, 0) is 42.0 Å². The van der Waals surface area contributed by atoms with Crippen molar-refractivity contribution in [1.29, 1.82) is 0 Å². The van der Waals surface area contributed by atoms with Gasteiger partial charge in [0.2, 0.25) is 0 Å². The second-order valence-corrected chi connectivity index (χ2v) is 8.60. The zero-order valence-electron chi connectivity index (χ0n) is 16.9. The summed E-state index contributed by atoms with van der Waals surface area (Å²) in [6, 6.07) is 22.5. The van der Waals surface area contributed by atoms with Crippen molar-refractivity contribution in [3.05, 3.63) is 87.9 Å². The van der Waals surface area contributed by atoms with Crippen LogP contribution in [0.2, 0.25) is 10.0 Å².